The van der Waals surface area contributed by atoms with Gasteiger partial charge in [0.25, 0.3) is 0 Å². The largest absolute Gasteiger partial charge is 0.464 e. The number of furan rings is 1. The standard InChI is InChI=1S/C12H12BrClOS/c1-3-8-4-5-9(15-8)11(14)10-6-7(2)12(13)16-10/h4-6,11H,3H2,1-2H3. The Morgan fingerprint density at radius 2 is 2.25 bits per heavy atom. The van der Waals surface area contributed by atoms with Crippen molar-refractivity contribution in [2.45, 2.75) is 25.6 Å². The summed E-state index contributed by atoms with van der Waals surface area (Å²) in [6.07, 6.45) is 0.900. The third kappa shape index (κ3) is 2.36. The van der Waals surface area contributed by atoms with Gasteiger partial charge in [-0.2, -0.15) is 0 Å². The Morgan fingerprint density at radius 3 is 2.75 bits per heavy atom. The van der Waals surface area contributed by atoms with Gasteiger partial charge >= 0.3 is 0 Å². The predicted octanol–water partition coefficient (Wildman–Crippen LogP) is 5.30. The third-order valence-corrected chi connectivity index (χ3v) is 5.19. The Hall–Kier alpha value is -0.250. The summed E-state index contributed by atoms with van der Waals surface area (Å²) in [6, 6.07) is 6.04. The molecular weight excluding hydrogens is 308 g/mol. The average Bonchev–Trinajstić information content (AvgIpc) is 2.86. The summed E-state index contributed by atoms with van der Waals surface area (Å²) < 4.78 is 6.79. The van der Waals surface area contributed by atoms with Crippen LogP contribution in [-0.2, 0) is 6.42 Å². The molecule has 4 heteroatoms. The average molecular weight is 320 g/mol. The van der Waals surface area contributed by atoms with E-state index in [1.54, 1.807) is 11.3 Å². The summed E-state index contributed by atoms with van der Waals surface area (Å²) in [4.78, 5) is 1.11. The van der Waals surface area contributed by atoms with Gasteiger partial charge in [0.05, 0.1) is 3.79 Å². The van der Waals surface area contributed by atoms with Crippen molar-refractivity contribution >= 4 is 38.9 Å². The highest BCUT2D eigenvalue weighted by Gasteiger charge is 2.18. The molecule has 2 rings (SSSR count). The van der Waals surface area contributed by atoms with Crippen LogP contribution in [0.15, 0.2) is 26.4 Å². The summed E-state index contributed by atoms with van der Waals surface area (Å²) in [5.74, 6) is 1.81. The molecule has 0 aliphatic rings. The van der Waals surface area contributed by atoms with E-state index in [0.717, 1.165) is 26.6 Å². The molecule has 0 spiro atoms. The lowest BCUT2D eigenvalue weighted by atomic mass is 10.2. The Morgan fingerprint density at radius 1 is 1.50 bits per heavy atom. The van der Waals surface area contributed by atoms with Crippen molar-refractivity contribution in [3.05, 3.63) is 43.9 Å². The van der Waals surface area contributed by atoms with Crippen LogP contribution in [-0.4, -0.2) is 0 Å². The van der Waals surface area contributed by atoms with Crippen LogP contribution < -0.4 is 0 Å². The minimum absolute atomic E-state index is 0.185. The molecule has 1 atom stereocenters. The van der Waals surface area contributed by atoms with E-state index in [9.17, 15) is 0 Å². The fourth-order valence-corrected chi connectivity index (χ4v) is 3.34. The molecule has 0 fully saturated rings. The van der Waals surface area contributed by atoms with Gasteiger partial charge in [-0.15, -0.1) is 22.9 Å². The fourth-order valence-electron chi connectivity index (χ4n) is 1.47. The fraction of sp³-hybridized carbons (Fsp3) is 0.333. The molecule has 2 aromatic heterocycles. The van der Waals surface area contributed by atoms with Crippen molar-refractivity contribution < 1.29 is 4.42 Å². The first-order valence-electron chi connectivity index (χ1n) is 5.10. The molecule has 86 valence electrons. The van der Waals surface area contributed by atoms with Crippen LogP contribution >= 0.6 is 38.9 Å². The molecule has 0 N–H and O–H groups in total. The first kappa shape index (κ1) is 12.2. The monoisotopic (exact) mass is 318 g/mol. The Bertz CT molecular complexity index is 469. The van der Waals surface area contributed by atoms with Gasteiger partial charge in [0.15, 0.2) is 0 Å². The topological polar surface area (TPSA) is 13.1 Å². The van der Waals surface area contributed by atoms with Crippen LogP contribution in [0, 0.1) is 6.92 Å². The molecular formula is C12H12BrClOS. The van der Waals surface area contributed by atoms with Crippen molar-refractivity contribution in [3.8, 4) is 0 Å². The minimum atomic E-state index is -0.185. The van der Waals surface area contributed by atoms with Gasteiger partial charge in [-0.25, -0.2) is 0 Å². The highest BCUT2D eigenvalue weighted by Crippen LogP contribution is 2.38. The number of thiophene rings is 1. The maximum Gasteiger partial charge on any atom is 0.127 e. The maximum absolute atomic E-state index is 6.38. The van der Waals surface area contributed by atoms with Crippen LogP contribution in [0.5, 0.6) is 0 Å². The van der Waals surface area contributed by atoms with Crippen molar-refractivity contribution in [1.82, 2.24) is 0 Å². The van der Waals surface area contributed by atoms with Crippen LogP contribution in [0.2, 0.25) is 0 Å². The van der Waals surface area contributed by atoms with E-state index >= 15 is 0 Å². The zero-order valence-corrected chi connectivity index (χ0v) is 12.2. The Labute approximate surface area is 113 Å². The lowest BCUT2D eigenvalue weighted by molar-refractivity contribution is 0.475. The van der Waals surface area contributed by atoms with E-state index in [-0.39, 0.29) is 5.38 Å². The molecule has 0 aromatic carbocycles. The summed E-state index contributed by atoms with van der Waals surface area (Å²) in [7, 11) is 0. The van der Waals surface area contributed by atoms with Gasteiger partial charge in [-0.05, 0) is 46.6 Å². The lowest BCUT2D eigenvalue weighted by Crippen LogP contribution is -1.86. The molecule has 2 heterocycles. The van der Waals surface area contributed by atoms with Crippen LogP contribution in [0.4, 0.5) is 0 Å². The van der Waals surface area contributed by atoms with Gasteiger partial charge in [0.2, 0.25) is 0 Å². The number of aryl methyl sites for hydroxylation is 2. The summed E-state index contributed by atoms with van der Waals surface area (Å²) >= 11 is 11.5. The maximum atomic E-state index is 6.38. The molecule has 0 aliphatic carbocycles. The van der Waals surface area contributed by atoms with E-state index in [1.807, 2.05) is 12.1 Å². The molecule has 0 bridgehead atoms. The van der Waals surface area contributed by atoms with Crippen LogP contribution in [0.25, 0.3) is 0 Å². The molecule has 16 heavy (non-hydrogen) atoms. The van der Waals surface area contributed by atoms with Crippen molar-refractivity contribution in [2.75, 3.05) is 0 Å². The van der Waals surface area contributed by atoms with Gasteiger partial charge in [0, 0.05) is 11.3 Å². The minimum Gasteiger partial charge on any atom is -0.464 e. The first-order chi connectivity index (χ1) is 7.61. The number of halogens is 2. The van der Waals surface area contributed by atoms with Gasteiger partial charge in [-0.1, -0.05) is 6.92 Å². The first-order valence-corrected chi connectivity index (χ1v) is 7.15. The molecule has 0 saturated heterocycles. The van der Waals surface area contributed by atoms with Crippen molar-refractivity contribution in [1.29, 1.82) is 0 Å². The van der Waals surface area contributed by atoms with Gasteiger partial charge < -0.3 is 4.42 Å². The second kappa shape index (κ2) is 4.94. The normalized spacial score (nSPS) is 13.0. The number of hydrogen-bond donors (Lipinski definition) is 0. The highest BCUT2D eigenvalue weighted by molar-refractivity contribution is 9.11. The Kier molecular flexibility index (Phi) is 3.77. The number of hydrogen-bond acceptors (Lipinski definition) is 2. The molecule has 0 radical (unpaired) electrons. The molecule has 0 amide bonds. The highest BCUT2D eigenvalue weighted by atomic mass is 79.9. The summed E-state index contributed by atoms with van der Waals surface area (Å²) in [5, 5.41) is -0.185. The summed E-state index contributed by atoms with van der Waals surface area (Å²) in [5.41, 5.74) is 1.22. The lowest BCUT2D eigenvalue weighted by Gasteiger charge is -2.02. The van der Waals surface area contributed by atoms with E-state index in [1.165, 1.54) is 5.56 Å². The molecule has 0 saturated carbocycles. The predicted molar refractivity (Wildman–Crippen MR) is 72.5 cm³/mol. The van der Waals surface area contributed by atoms with Gasteiger partial charge in [0.1, 0.15) is 16.9 Å². The quantitative estimate of drug-likeness (QED) is 0.699. The molecule has 1 unspecified atom stereocenters. The van der Waals surface area contributed by atoms with Crippen LogP contribution in [0.3, 0.4) is 0 Å². The Balaban J connectivity index is 2.27. The second-order valence-corrected chi connectivity index (χ2v) is 6.46. The molecule has 0 aliphatic heterocycles. The van der Waals surface area contributed by atoms with Gasteiger partial charge in [-0.3, -0.25) is 0 Å². The van der Waals surface area contributed by atoms with Crippen LogP contribution in [0.1, 0.15) is 34.3 Å². The van der Waals surface area contributed by atoms with E-state index in [2.05, 4.69) is 35.8 Å². The van der Waals surface area contributed by atoms with E-state index in [4.69, 9.17) is 16.0 Å². The third-order valence-electron chi connectivity index (χ3n) is 2.41. The van der Waals surface area contributed by atoms with Crippen molar-refractivity contribution in [2.24, 2.45) is 0 Å². The second-order valence-electron chi connectivity index (χ2n) is 3.63. The summed E-state index contributed by atoms with van der Waals surface area (Å²) in [6.45, 7) is 4.13. The van der Waals surface area contributed by atoms with E-state index in [0.29, 0.717) is 0 Å². The molecule has 2 aromatic rings. The molecule has 1 nitrogen and oxygen atoms in total. The number of alkyl halides is 1. The van der Waals surface area contributed by atoms with Crippen molar-refractivity contribution in [3.63, 3.8) is 0 Å². The number of rotatable bonds is 3. The SMILES string of the molecule is CCc1ccc(C(Cl)c2cc(C)c(Br)s2)o1. The zero-order valence-electron chi connectivity index (χ0n) is 9.09. The zero-order chi connectivity index (χ0) is 11.7. The van der Waals surface area contributed by atoms with E-state index < -0.39 is 0 Å². The smallest absolute Gasteiger partial charge is 0.127 e.